The SMILES string of the molecule is N#Cc1cccc(NC(=O)c2cncc(-c3cccnc3)n2)c1. The fourth-order valence-electron chi connectivity index (χ4n) is 1.99. The molecular formula is C17H11N5O. The highest BCUT2D eigenvalue weighted by Gasteiger charge is 2.10. The molecule has 1 amide bonds. The number of nitrogens with one attached hydrogen (secondary N) is 1. The molecule has 0 fully saturated rings. The Balaban J connectivity index is 1.84. The molecule has 23 heavy (non-hydrogen) atoms. The van der Waals surface area contributed by atoms with Crippen molar-refractivity contribution in [3.05, 3.63) is 72.4 Å². The van der Waals surface area contributed by atoms with Gasteiger partial charge in [-0.2, -0.15) is 5.26 Å². The standard InChI is InChI=1S/C17H11N5O/c18-8-12-3-1-5-14(7-12)21-17(23)16-11-20-10-15(22-16)13-4-2-6-19-9-13/h1-7,9-11H,(H,21,23). The summed E-state index contributed by atoms with van der Waals surface area (Å²) in [7, 11) is 0. The van der Waals surface area contributed by atoms with Crippen molar-refractivity contribution in [3.8, 4) is 17.3 Å². The number of benzene rings is 1. The summed E-state index contributed by atoms with van der Waals surface area (Å²) in [5.74, 6) is -0.390. The maximum absolute atomic E-state index is 12.3. The van der Waals surface area contributed by atoms with Crippen LogP contribution in [0.4, 0.5) is 5.69 Å². The van der Waals surface area contributed by atoms with E-state index in [1.807, 2.05) is 12.1 Å². The molecular weight excluding hydrogens is 290 g/mol. The van der Waals surface area contributed by atoms with Gasteiger partial charge in [0.1, 0.15) is 5.69 Å². The van der Waals surface area contributed by atoms with Crippen molar-refractivity contribution >= 4 is 11.6 Å². The van der Waals surface area contributed by atoms with Crippen molar-refractivity contribution in [2.24, 2.45) is 0 Å². The molecule has 0 atom stereocenters. The van der Waals surface area contributed by atoms with Crippen LogP contribution in [0, 0.1) is 11.3 Å². The number of pyridine rings is 1. The molecule has 2 heterocycles. The van der Waals surface area contributed by atoms with Crippen LogP contribution in [0.2, 0.25) is 0 Å². The van der Waals surface area contributed by atoms with Crippen molar-refractivity contribution in [1.29, 1.82) is 5.26 Å². The van der Waals surface area contributed by atoms with Gasteiger partial charge < -0.3 is 5.32 Å². The second kappa shape index (κ2) is 6.45. The Bertz CT molecular complexity index is 887. The first-order valence-corrected chi connectivity index (χ1v) is 6.80. The van der Waals surface area contributed by atoms with Crippen LogP contribution in [-0.2, 0) is 0 Å². The number of anilines is 1. The Morgan fingerprint density at radius 3 is 2.78 bits per heavy atom. The van der Waals surface area contributed by atoms with Gasteiger partial charge >= 0.3 is 0 Å². The maximum atomic E-state index is 12.3. The average Bonchev–Trinajstić information content (AvgIpc) is 2.63. The van der Waals surface area contributed by atoms with Crippen LogP contribution >= 0.6 is 0 Å². The van der Waals surface area contributed by atoms with E-state index in [1.165, 1.54) is 6.20 Å². The molecule has 3 rings (SSSR count). The van der Waals surface area contributed by atoms with Crippen LogP contribution in [0.25, 0.3) is 11.3 Å². The molecule has 0 saturated heterocycles. The first-order chi connectivity index (χ1) is 11.3. The molecule has 110 valence electrons. The van der Waals surface area contributed by atoms with E-state index in [-0.39, 0.29) is 5.69 Å². The van der Waals surface area contributed by atoms with Gasteiger partial charge in [-0.25, -0.2) is 4.98 Å². The first kappa shape index (κ1) is 14.4. The molecule has 0 unspecified atom stereocenters. The summed E-state index contributed by atoms with van der Waals surface area (Å²) in [6.07, 6.45) is 6.28. The van der Waals surface area contributed by atoms with Gasteiger partial charge in [0.05, 0.1) is 29.7 Å². The number of nitriles is 1. The number of rotatable bonds is 3. The van der Waals surface area contributed by atoms with Crippen LogP contribution in [-0.4, -0.2) is 20.9 Å². The van der Waals surface area contributed by atoms with Gasteiger partial charge in [-0.1, -0.05) is 6.07 Å². The molecule has 0 spiro atoms. The largest absolute Gasteiger partial charge is 0.321 e. The van der Waals surface area contributed by atoms with E-state index < -0.39 is 5.91 Å². The minimum Gasteiger partial charge on any atom is -0.321 e. The molecule has 0 aliphatic heterocycles. The van der Waals surface area contributed by atoms with Gasteiger partial charge in [-0.15, -0.1) is 0 Å². The van der Waals surface area contributed by atoms with Gasteiger partial charge in [0.2, 0.25) is 0 Å². The molecule has 2 aromatic heterocycles. The van der Waals surface area contributed by atoms with E-state index in [9.17, 15) is 4.79 Å². The molecule has 0 radical (unpaired) electrons. The summed E-state index contributed by atoms with van der Waals surface area (Å²) in [5.41, 5.74) is 2.53. The van der Waals surface area contributed by atoms with Crippen molar-refractivity contribution in [2.75, 3.05) is 5.32 Å². The highest BCUT2D eigenvalue weighted by molar-refractivity contribution is 6.03. The Morgan fingerprint density at radius 1 is 1.09 bits per heavy atom. The van der Waals surface area contributed by atoms with Crippen LogP contribution in [0.5, 0.6) is 0 Å². The lowest BCUT2D eigenvalue weighted by Gasteiger charge is -2.06. The number of amides is 1. The smallest absolute Gasteiger partial charge is 0.275 e. The lowest BCUT2D eigenvalue weighted by molar-refractivity contribution is 0.102. The third-order valence-electron chi connectivity index (χ3n) is 3.07. The van der Waals surface area contributed by atoms with Crippen molar-refractivity contribution in [2.45, 2.75) is 0 Å². The zero-order valence-corrected chi connectivity index (χ0v) is 12.0. The van der Waals surface area contributed by atoms with Crippen molar-refractivity contribution in [1.82, 2.24) is 15.0 Å². The summed E-state index contributed by atoms with van der Waals surface area (Å²) in [6.45, 7) is 0. The molecule has 0 aliphatic rings. The molecule has 3 aromatic rings. The molecule has 1 N–H and O–H groups in total. The van der Waals surface area contributed by atoms with E-state index in [1.54, 1.807) is 48.9 Å². The number of hydrogen-bond donors (Lipinski definition) is 1. The monoisotopic (exact) mass is 301 g/mol. The van der Waals surface area contributed by atoms with Gasteiger partial charge in [0.15, 0.2) is 0 Å². The number of hydrogen-bond acceptors (Lipinski definition) is 5. The number of carbonyl (C=O) groups excluding carboxylic acids is 1. The zero-order valence-electron chi connectivity index (χ0n) is 12.0. The van der Waals surface area contributed by atoms with Crippen LogP contribution < -0.4 is 5.32 Å². The normalized spacial score (nSPS) is 9.87. The fraction of sp³-hybridized carbons (Fsp3) is 0. The molecule has 0 saturated carbocycles. The average molecular weight is 301 g/mol. The zero-order chi connectivity index (χ0) is 16.1. The summed E-state index contributed by atoms with van der Waals surface area (Å²) in [5, 5.41) is 11.6. The maximum Gasteiger partial charge on any atom is 0.275 e. The van der Waals surface area contributed by atoms with E-state index in [0.29, 0.717) is 16.9 Å². The minimum absolute atomic E-state index is 0.189. The van der Waals surface area contributed by atoms with E-state index in [0.717, 1.165) is 5.56 Å². The molecule has 1 aromatic carbocycles. The third-order valence-corrected chi connectivity index (χ3v) is 3.07. The van der Waals surface area contributed by atoms with E-state index in [2.05, 4.69) is 20.3 Å². The van der Waals surface area contributed by atoms with E-state index >= 15 is 0 Å². The van der Waals surface area contributed by atoms with Gasteiger partial charge in [-0.05, 0) is 30.3 Å². The van der Waals surface area contributed by atoms with Gasteiger partial charge in [-0.3, -0.25) is 14.8 Å². The number of aromatic nitrogens is 3. The summed E-state index contributed by atoms with van der Waals surface area (Å²) in [4.78, 5) is 24.7. The summed E-state index contributed by atoms with van der Waals surface area (Å²) in [6, 6.07) is 12.3. The predicted octanol–water partition coefficient (Wildman–Crippen LogP) is 2.66. The van der Waals surface area contributed by atoms with Crippen LogP contribution in [0.3, 0.4) is 0 Å². The summed E-state index contributed by atoms with van der Waals surface area (Å²) < 4.78 is 0. The second-order valence-electron chi connectivity index (χ2n) is 4.68. The Labute approximate surface area is 132 Å². The lowest BCUT2D eigenvalue weighted by Crippen LogP contribution is -2.14. The second-order valence-corrected chi connectivity index (χ2v) is 4.68. The highest BCUT2D eigenvalue weighted by Crippen LogP contribution is 2.15. The lowest BCUT2D eigenvalue weighted by atomic mass is 10.2. The van der Waals surface area contributed by atoms with Gasteiger partial charge in [0.25, 0.3) is 5.91 Å². The van der Waals surface area contributed by atoms with Crippen LogP contribution in [0.15, 0.2) is 61.2 Å². The minimum atomic E-state index is -0.390. The molecule has 0 bridgehead atoms. The molecule has 6 nitrogen and oxygen atoms in total. The highest BCUT2D eigenvalue weighted by atomic mass is 16.1. The van der Waals surface area contributed by atoms with Crippen molar-refractivity contribution in [3.63, 3.8) is 0 Å². The fourth-order valence-corrected chi connectivity index (χ4v) is 1.99. The van der Waals surface area contributed by atoms with Crippen molar-refractivity contribution < 1.29 is 4.79 Å². The summed E-state index contributed by atoms with van der Waals surface area (Å²) >= 11 is 0. The Hall–Kier alpha value is -3.59. The van der Waals surface area contributed by atoms with E-state index in [4.69, 9.17) is 5.26 Å². The third kappa shape index (κ3) is 3.36. The van der Waals surface area contributed by atoms with Gasteiger partial charge in [0, 0.05) is 23.6 Å². The first-order valence-electron chi connectivity index (χ1n) is 6.80. The quantitative estimate of drug-likeness (QED) is 0.803. The predicted molar refractivity (Wildman–Crippen MR) is 84.4 cm³/mol. The number of nitrogens with zero attached hydrogens (tertiary/aromatic N) is 4. The Morgan fingerprint density at radius 2 is 2.00 bits per heavy atom. The topological polar surface area (TPSA) is 91.6 Å². The number of carbonyl (C=O) groups is 1. The molecule has 6 heteroatoms. The molecule has 0 aliphatic carbocycles. The van der Waals surface area contributed by atoms with Crippen LogP contribution in [0.1, 0.15) is 16.1 Å². The Kier molecular flexibility index (Phi) is 4.03.